The van der Waals surface area contributed by atoms with Crippen molar-refractivity contribution in [3.05, 3.63) is 58.1 Å². The number of nitrogens with zero attached hydrogens (tertiary/aromatic N) is 1. The van der Waals surface area contributed by atoms with E-state index in [0.29, 0.717) is 18.8 Å². The van der Waals surface area contributed by atoms with Crippen LogP contribution in [0, 0.1) is 6.92 Å². The Labute approximate surface area is 177 Å². The standard InChI is InChI=1S/C21H27ClN2O4S/c1-6-24(7-2)29(26,27)20-13-16(9-10-18(20)22)21(25)23-15(4)17-12-14(3)8-11-19(17)28-5/h8-13,15H,6-7H2,1-5H3,(H,23,25). The third-order valence-electron chi connectivity index (χ3n) is 4.72. The van der Waals surface area contributed by atoms with Crippen LogP contribution in [-0.4, -0.2) is 38.8 Å². The Balaban J connectivity index is 2.34. The molecular weight excluding hydrogens is 412 g/mol. The number of aryl methyl sites for hydroxylation is 1. The zero-order valence-electron chi connectivity index (χ0n) is 17.3. The maximum Gasteiger partial charge on any atom is 0.251 e. The fraction of sp³-hybridized carbons (Fsp3) is 0.381. The van der Waals surface area contributed by atoms with Crippen LogP contribution in [0.25, 0.3) is 0 Å². The van der Waals surface area contributed by atoms with E-state index in [1.165, 1.54) is 22.5 Å². The lowest BCUT2D eigenvalue weighted by Gasteiger charge is -2.20. The Hall–Kier alpha value is -2.09. The van der Waals surface area contributed by atoms with Gasteiger partial charge in [0, 0.05) is 24.2 Å². The second kappa shape index (κ2) is 9.61. The fourth-order valence-electron chi connectivity index (χ4n) is 3.09. The van der Waals surface area contributed by atoms with Gasteiger partial charge in [-0.05, 0) is 38.1 Å². The van der Waals surface area contributed by atoms with Crippen LogP contribution in [-0.2, 0) is 10.0 Å². The smallest absolute Gasteiger partial charge is 0.251 e. The number of hydrogen-bond donors (Lipinski definition) is 1. The molecule has 6 nitrogen and oxygen atoms in total. The van der Waals surface area contributed by atoms with Gasteiger partial charge in [0.1, 0.15) is 10.6 Å². The minimum Gasteiger partial charge on any atom is -0.496 e. The number of sulfonamides is 1. The molecular formula is C21H27ClN2O4S. The van der Waals surface area contributed by atoms with E-state index in [1.54, 1.807) is 21.0 Å². The number of ether oxygens (including phenoxy) is 1. The van der Waals surface area contributed by atoms with E-state index in [-0.39, 0.29) is 21.5 Å². The highest BCUT2D eigenvalue weighted by molar-refractivity contribution is 7.89. The highest BCUT2D eigenvalue weighted by atomic mass is 35.5. The molecule has 0 aliphatic rings. The number of rotatable bonds is 8. The van der Waals surface area contributed by atoms with Crippen LogP contribution in [0.15, 0.2) is 41.3 Å². The number of amides is 1. The molecule has 1 unspecified atom stereocenters. The Morgan fingerprint density at radius 3 is 2.41 bits per heavy atom. The first-order valence-corrected chi connectivity index (χ1v) is 11.2. The van der Waals surface area contributed by atoms with Crippen LogP contribution < -0.4 is 10.1 Å². The molecule has 158 valence electrons. The predicted octanol–water partition coefficient (Wildman–Crippen LogP) is 4.18. The summed E-state index contributed by atoms with van der Waals surface area (Å²) in [5.74, 6) is 0.276. The van der Waals surface area contributed by atoms with Gasteiger partial charge in [-0.1, -0.05) is 43.1 Å². The second-order valence-electron chi connectivity index (χ2n) is 6.68. The summed E-state index contributed by atoms with van der Waals surface area (Å²) in [6, 6.07) is 9.66. The molecule has 0 fully saturated rings. The average Bonchev–Trinajstić information content (AvgIpc) is 2.68. The molecule has 0 aliphatic carbocycles. The molecule has 0 spiro atoms. The number of hydrogen-bond acceptors (Lipinski definition) is 4. The van der Waals surface area contributed by atoms with Gasteiger partial charge in [-0.25, -0.2) is 8.42 Å². The van der Waals surface area contributed by atoms with Crippen molar-refractivity contribution in [1.29, 1.82) is 0 Å². The van der Waals surface area contributed by atoms with E-state index in [0.717, 1.165) is 11.1 Å². The zero-order chi connectivity index (χ0) is 21.8. The predicted molar refractivity (Wildman–Crippen MR) is 115 cm³/mol. The highest BCUT2D eigenvalue weighted by Crippen LogP contribution is 2.28. The molecule has 0 bridgehead atoms. The first-order chi connectivity index (χ1) is 13.6. The van der Waals surface area contributed by atoms with Crippen molar-refractivity contribution in [2.75, 3.05) is 20.2 Å². The topological polar surface area (TPSA) is 75.7 Å². The Morgan fingerprint density at radius 2 is 1.83 bits per heavy atom. The fourth-order valence-corrected chi connectivity index (χ4v) is 5.05. The van der Waals surface area contributed by atoms with E-state index < -0.39 is 15.9 Å². The van der Waals surface area contributed by atoms with E-state index in [4.69, 9.17) is 16.3 Å². The zero-order valence-corrected chi connectivity index (χ0v) is 18.9. The summed E-state index contributed by atoms with van der Waals surface area (Å²) in [4.78, 5) is 12.7. The molecule has 0 saturated heterocycles. The van der Waals surface area contributed by atoms with Crippen molar-refractivity contribution < 1.29 is 17.9 Å². The van der Waals surface area contributed by atoms with Crippen LogP contribution in [0.4, 0.5) is 0 Å². The van der Waals surface area contributed by atoms with Gasteiger partial charge >= 0.3 is 0 Å². The molecule has 29 heavy (non-hydrogen) atoms. The van der Waals surface area contributed by atoms with Crippen molar-refractivity contribution in [3.63, 3.8) is 0 Å². The minimum atomic E-state index is -3.78. The van der Waals surface area contributed by atoms with Gasteiger partial charge in [0.15, 0.2) is 0 Å². The Morgan fingerprint density at radius 1 is 1.17 bits per heavy atom. The summed E-state index contributed by atoms with van der Waals surface area (Å²) < 4.78 is 32.4. The van der Waals surface area contributed by atoms with Gasteiger partial charge in [-0.15, -0.1) is 0 Å². The molecule has 0 saturated carbocycles. The minimum absolute atomic E-state index is 0.0729. The summed E-state index contributed by atoms with van der Waals surface area (Å²) in [5.41, 5.74) is 2.10. The van der Waals surface area contributed by atoms with Gasteiger partial charge in [0.25, 0.3) is 5.91 Å². The first-order valence-electron chi connectivity index (χ1n) is 9.40. The number of benzene rings is 2. The largest absolute Gasteiger partial charge is 0.496 e. The normalized spacial score (nSPS) is 12.7. The van der Waals surface area contributed by atoms with Crippen LogP contribution in [0.5, 0.6) is 5.75 Å². The number of carbonyl (C=O) groups is 1. The third kappa shape index (κ3) is 5.10. The highest BCUT2D eigenvalue weighted by Gasteiger charge is 2.26. The lowest BCUT2D eigenvalue weighted by atomic mass is 10.0. The molecule has 8 heteroatoms. The lowest BCUT2D eigenvalue weighted by molar-refractivity contribution is 0.0939. The Kier molecular flexibility index (Phi) is 7.68. The molecule has 1 N–H and O–H groups in total. The molecule has 0 aliphatic heterocycles. The van der Waals surface area contributed by atoms with Gasteiger partial charge in [0.2, 0.25) is 10.0 Å². The van der Waals surface area contributed by atoms with E-state index in [9.17, 15) is 13.2 Å². The van der Waals surface area contributed by atoms with Crippen LogP contribution in [0.1, 0.15) is 48.3 Å². The molecule has 2 aromatic carbocycles. The van der Waals surface area contributed by atoms with Crippen molar-refractivity contribution in [2.45, 2.75) is 38.6 Å². The monoisotopic (exact) mass is 438 g/mol. The van der Waals surface area contributed by atoms with Crippen molar-refractivity contribution >= 4 is 27.5 Å². The van der Waals surface area contributed by atoms with Crippen molar-refractivity contribution in [2.24, 2.45) is 0 Å². The van der Waals surface area contributed by atoms with E-state index in [2.05, 4.69) is 5.32 Å². The molecule has 2 aromatic rings. The summed E-state index contributed by atoms with van der Waals surface area (Å²) in [5, 5.41) is 2.98. The maximum absolute atomic E-state index is 12.8. The van der Waals surface area contributed by atoms with Crippen LogP contribution in [0.3, 0.4) is 0 Å². The van der Waals surface area contributed by atoms with E-state index in [1.807, 2.05) is 32.0 Å². The van der Waals surface area contributed by atoms with E-state index >= 15 is 0 Å². The third-order valence-corrected chi connectivity index (χ3v) is 7.25. The quantitative estimate of drug-likeness (QED) is 0.670. The average molecular weight is 439 g/mol. The van der Waals surface area contributed by atoms with Gasteiger partial charge in [0.05, 0.1) is 18.2 Å². The summed E-state index contributed by atoms with van der Waals surface area (Å²) >= 11 is 6.15. The van der Waals surface area contributed by atoms with Gasteiger partial charge in [-0.2, -0.15) is 4.31 Å². The number of carbonyl (C=O) groups excluding carboxylic acids is 1. The summed E-state index contributed by atoms with van der Waals surface area (Å²) in [6.07, 6.45) is 0. The molecule has 0 heterocycles. The van der Waals surface area contributed by atoms with Gasteiger partial charge < -0.3 is 10.1 Å². The number of nitrogens with one attached hydrogen (secondary N) is 1. The van der Waals surface area contributed by atoms with Crippen molar-refractivity contribution in [1.82, 2.24) is 9.62 Å². The molecule has 1 atom stereocenters. The lowest BCUT2D eigenvalue weighted by Crippen LogP contribution is -2.31. The van der Waals surface area contributed by atoms with Crippen molar-refractivity contribution in [3.8, 4) is 5.75 Å². The molecule has 0 radical (unpaired) electrons. The molecule has 1 amide bonds. The summed E-state index contributed by atoms with van der Waals surface area (Å²) in [6.45, 7) is 7.94. The van der Waals surface area contributed by atoms with Gasteiger partial charge in [-0.3, -0.25) is 4.79 Å². The number of halogens is 1. The van der Waals surface area contributed by atoms with Crippen LogP contribution >= 0.6 is 11.6 Å². The number of methoxy groups -OCH3 is 1. The molecule has 2 rings (SSSR count). The maximum atomic E-state index is 12.8. The molecule has 0 aromatic heterocycles. The Bertz CT molecular complexity index is 988. The first kappa shape index (κ1) is 23.2. The van der Waals surface area contributed by atoms with Crippen LogP contribution in [0.2, 0.25) is 5.02 Å². The second-order valence-corrected chi connectivity index (χ2v) is 8.99. The summed E-state index contributed by atoms with van der Waals surface area (Å²) in [7, 11) is -2.21. The SMILES string of the molecule is CCN(CC)S(=O)(=O)c1cc(C(=O)NC(C)c2cc(C)ccc2OC)ccc1Cl.